The van der Waals surface area contributed by atoms with Crippen LogP contribution in [0.2, 0.25) is 0 Å². The Balaban J connectivity index is 1.88. The molecular weight excluding hydrogens is 384 g/mol. The standard InChI is InChI=1S/C27H50N2O2/c1-9-11-17-27(18-12-10-2)30-25(19-28(7)21(3)13-14-22(28)4)26(31-27)20-29(8)23(5)15-16-24(29)6/h13,15,22,24-26H,9-12,14,16-20H2,1-8H3/q+2/t22-,24-,25-,26-,28?,29?/m0/s1. The van der Waals surface area contributed by atoms with E-state index in [9.17, 15) is 0 Å². The summed E-state index contributed by atoms with van der Waals surface area (Å²) in [6.07, 6.45) is 14.3. The molecule has 31 heavy (non-hydrogen) atoms. The number of rotatable bonds is 10. The van der Waals surface area contributed by atoms with E-state index < -0.39 is 0 Å². The van der Waals surface area contributed by atoms with E-state index in [1.807, 2.05) is 0 Å². The van der Waals surface area contributed by atoms with Gasteiger partial charge in [-0.15, -0.1) is 0 Å². The molecule has 0 bridgehead atoms. The van der Waals surface area contributed by atoms with E-state index in [-0.39, 0.29) is 18.0 Å². The first-order chi connectivity index (χ1) is 14.6. The maximum Gasteiger partial charge on any atom is 0.169 e. The molecule has 4 heteroatoms. The van der Waals surface area contributed by atoms with Gasteiger partial charge in [0.05, 0.1) is 26.2 Å². The SMILES string of the molecule is CCCCC1(CCCC)O[C@@H](C[N+]2(C)C(C)=CC[C@@H]2C)[C@H](C[N+]2(C)C(C)=CC[C@@H]2C)O1. The van der Waals surface area contributed by atoms with Crippen molar-refractivity contribution in [1.82, 2.24) is 0 Å². The Morgan fingerprint density at radius 3 is 1.48 bits per heavy atom. The summed E-state index contributed by atoms with van der Waals surface area (Å²) < 4.78 is 16.0. The van der Waals surface area contributed by atoms with Crippen LogP contribution >= 0.6 is 0 Å². The average molecular weight is 435 g/mol. The highest BCUT2D eigenvalue weighted by atomic mass is 16.8. The lowest BCUT2D eigenvalue weighted by Gasteiger charge is -2.41. The van der Waals surface area contributed by atoms with Gasteiger partial charge in [0.2, 0.25) is 0 Å². The Morgan fingerprint density at radius 1 is 0.806 bits per heavy atom. The minimum absolute atomic E-state index is 0.151. The van der Waals surface area contributed by atoms with Gasteiger partial charge in [0.25, 0.3) is 0 Å². The summed E-state index contributed by atoms with van der Waals surface area (Å²) in [6.45, 7) is 16.0. The molecule has 0 amide bonds. The molecule has 0 radical (unpaired) electrons. The molecule has 0 aliphatic carbocycles. The Kier molecular flexibility index (Phi) is 7.78. The average Bonchev–Trinajstić information content (AvgIpc) is 3.29. The van der Waals surface area contributed by atoms with Crippen LogP contribution in [0.25, 0.3) is 0 Å². The van der Waals surface area contributed by atoms with E-state index in [0.717, 1.165) is 34.9 Å². The molecule has 3 rings (SSSR count). The molecule has 6 atom stereocenters. The largest absolute Gasteiger partial charge is 0.338 e. The molecule has 0 aromatic rings. The predicted molar refractivity (Wildman–Crippen MR) is 129 cm³/mol. The molecule has 0 aromatic heterocycles. The van der Waals surface area contributed by atoms with Crippen molar-refractivity contribution in [3.63, 3.8) is 0 Å². The number of ether oxygens (including phenoxy) is 2. The van der Waals surface area contributed by atoms with Gasteiger partial charge >= 0.3 is 0 Å². The summed E-state index contributed by atoms with van der Waals surface area (Å²) in [5.41, 5.74) is 2.97. The number of nitrogens with zero attached hydrogens (tertiary/aromatic N) is 2. The lowest BCUT2D eigenvalue weighted by atomic mass is 10.0. The molecule has 0 spiro atoms. The van der Waals surface area contributed by atoms with Crippen LogP contribution in [0.15, 0.2) is 23.5 Å². The number of likely N-dealkylation sites (N-methyl/N-ethyl adjacent to an activating group) is 2. The number of hydrogen-bond donors (Lipinski definition) is 0. The van der Waals surface area contributed by atoms with Crippen molar-refractivity contribution in [1.29, 1.82) is 0 Å². The van der Waals surface area contributed by atoms with Gasteiger partial charge in [-0.3, -0.25) is 8.97 Å². The Hall–Kier alpha value is -0.680. The molecule has 0 aromatic carbocycles. The minimum atomic E-state index is -0.388. The molecule has 0 N–H and O–H groups in total. The lowest BCUT2D eigenvalue weighted by molar-refractivity contribution is -0.899. The molecule has 1 saturated heterocycles. The maximum absolute atomic E-state index is 7.02. The van der Waals surface area contributed by atoms with Gasteiger partial charge < -0.3 is 9.47 Å². The Labute approximate surface area is 192 Å². The first-order valence-corrected chi connectivity index (χ1v) is 13.0. The van der Waals surface area contributed by atoms with Gasteiger partial charge in [0.1, 0.15) is 36.7 Å². The smallest absolute Gasteiger partial charge is 0.169 e. The van der Waals surface area contributed by atoms with E-state index in [1.165, 1.54) is 49.9 Å². The lowest BCUT2D eigenvalue weighted by Crippen LogP contribution is -2.56. The second kappa shape index (κ2) is 9.67. The van der Waals surface area contributed by atoms with Crippen LogP contribution in [0.3, 0.4) is 0 Å². The van der Waals surface area contributed by atoms with Crippen molar-refractivity contribution >= 4 is 0 Å². The van der Waals surface area contributed by atoms with Crippen molar-refractivity contribution in [2.45, 2.75) is 123 Å². The molecular formula is C27H50N2O2+2. The van der Waals surface area contributed by atoms with Crippen LogP contribution in [0.5, 0.6) is 0 Å². The second-order valence-electron chi connectivity index (χ2n) is 11.2. The van der Waals surface area contributed by atoms with E-state index >= 15 is 0 Å². The zero-order valence-corrected chi connectivity index (χ0v) is 21.7. The summed E-state index contributed by atoms with van der Waals surface area (Å²) in [7, 11) is 4.81. The van der Waals surface area contributed by atoms with Gasteiger partial charge in [-0.05, 0) is 38.8 Å². The highest BCUT2D eigenvalue weighted by Gasteiger charge is 2.54. The van der Waals surface area contributed by atoms with Crippen LogP contribution in [0.1, 0.15) is 92.9 Å². The summed E-state index contributed by atoms with van der Waals surface area (Å²) in [6, 6.07) is 1.23. The zero-order chi connectivity index (χ0) is 22.9. The van der Waals surface area contributed by atoms with Crippen LogP contribution in [-0.2, 0) is 9.47 Å². The molecule has 178 valence electrons. The van der Waals surface area contributed by atoms with E-state index in [4.69, 9.17) is 9.47 Å². The number of quaternary nitrogens is 2. The number of allylic oxidation sites excluding steroid dienone is 2. The first-order valence-electron chi connectivity index (χ1n) is 13.0. The van der Waals surface area contributed by atoms with E-state index in [0.29, 0.717) is 12.1 Å². The summed E-state index contributed by atoms with van der Waals surface area (Å²) in [5, 5.41) is 0. The highest BCUT2D eigenvalue weighted by Crippen LogP contribution is 2.42. The van der Waals surface area contributed by atoms with Crippen LogP contribution in [0, 0.1) is 0 Å². The van der Waals surface area contributed by atoms with Crippen molar-refractivity contribution in [2.24, 2.45) is 0 Å². The summed E-state index contributed by atoms with van der Waals surface area (Å²) in [5.74, 6) is -0.388. The predicted octanol–water partition coefficient (Wildman–Crippen LogP) is 6.13. The topological polar surface area (TPSA) is 18.5 Å². The molecule has 3 aliphatic rings. The fourth-order valence-electron chi connectivity index (χ4n) is 5.95. The maximum atomic E-state index is 7.02. The summed E-state index contributed by atoms with van der Waals surface area (Å²) >= 11 is 0. The number of unbranched alkanes of at least 4 members (excludes halogenated alkanes) is 2. The van der Waals surface area contributed by atoms with Crippen LogP contribution < -0.4 is 0 Å². The fraction of sp³-hybridized carbons (Fsp3) is 0.852. The quantitative estimate of drug-likeness (QED) is 0.385. The third-order valence-electron chi connectivity index (χ3n) is 9.15. The van der Waals surface area contributed by atoms with Gasteiger partial charge in [0.15, 0.2) is 5.79 Å². The third-order valence-corrected chi connectivity index (χ3v) is 9.15. The normalized spacial score (nSPS) is 39.7. The number of hydrogen-bond acceptors (Lipinski definition) is 2. The van der Waals surface area contributed by atoms with Gasteiger partial charge in [-0.1, -0.05) is 26.7 Å². The van der Waals surface area contributed by atoms with Crippen LogP contribution in [-0.4, -0.2) is 66.2 Å². The monoisotopic (exact) mass is 434 g/mol. The molecule has 1 fully saturated rings. The Bertz CT molecular complexity index is 629. The van der Waals surface area contributed by atoms with Crippen molar-refractivity contribution < 1.29 is 18.4 Å². The van der Waals surface area contributed by atoms with Crippen molar-refractivity contribution in [3.05, 3.63) is 23.5 Å². The van der Waals surface area contributed by atoms with Gasteiger partial charge in [0, 0.05) is 39.5 Å². The van der Waals surface area contributed by atoms with Gasteiger partial charge in [-0.25, -0.2) is 0 Å². The third kappa shape index (κ3) is 4.83. The zero-order valence-electron chi connectivity index (χ0n) is 21.7. The molecule has 3 aliphatic heterocycles. The fourth-order valence-corrected chi connectivity index (χ4v) is 5.95. The van der Waals surface area contributed by atoms with Crippen molar-refractivity contribution in [3.8, 4) is 0 Å². The minimum Gasteiger partial charge on any atom is -0.338 e. The van der Waals surface area contributed by atoms with E-state index in [1.54, 1.807) is 0 Å². The van der Waals surface area contributed by atoms with Gasteiger partial charge in [-0.2, -0.15) is 0 Å². The molecule has 0 saturated carbocycles. The van der Waals surface area contributed by atoms with E-state index in [2.05, 4.69) is 67.8 Å². The molecule has 3 heterocycles. The molecule has 4 nitrogen and oxygen atoms in total. The molecule has 2 unspecified atom stereocenters. The van der Waals surface area contributed by atoms with Crippen LogP contribution in [0.4, 0.5) is 0 Å². The first kappa shape index (κ1) is 25.0. The highest BCUT2D eigenvalue weighted by molar-refractivity contribution is 5.01. The second-order valence-corrected chi connectivity index (χ2v) is 11.2. The summed E-state index contributed by atoms with van der Waals surface area (Å²) in [4.78, 5) is 0. The van der Waals surface area contributed by atoms with Crippen molar-refractivity contribution in [2.75, 3.05) is 27.2 Å². The Morgan fingerprint density at radius 2 is 1.19 bits per heavy atom.